The van der Waals surface area contributed by atoms with E-state index in [1.54, 1.807) is 0 Å². The Balaban J connectivity index is 4.76. The average molecular weight is 226 g/mol. The van der Waals surface area contributed by atoms with Crippen LogP contribution in [0.15, 0.2) is 0 Å². The van der Waals surface area contributed by atoms with Gasteiger partial charge in [0.2, 0.25) is 0 Å². The van der Waals surface area contributed by atoms with Gasteiger partial charge >= 0.3 is 24.1 Å². The minimum absolute atomic E-state index is 0.357. The maximum absolute atomic E-state index is 12.4. The number of hydrogen-bond acceptors (Lipinski definition) is 2. The zero-order chi connectivity index (χ0) is 11.8. The highest BCUT2D eigenvalue weighted by Crippen LogP contribution is 2.38. The number of halogens is 6. The van der Waals surface area contributed by atoms with Gasteiger partial charge in [-0.1, -0.05) is 0 Å². The van der Waals surface area contributed by atoms with Gasteiger partial charge in [0, 0.05) is 6.92 Å². The minimum atomic E-state index is -5.74. The maximum Gasteiger partial charge on any atom is 0.458 e. The van der Waals surface area contributed by atoms with E-state index in [1.807, 2.05) is 0 Å². The number of carbonyl (C=O) groups is 1. The topological polar surface area (TPSA) is 46.5 Å². The summed E-state index contributed by atoms with van der Waals surface area (Å²) in [7, 11) is 0. The lowest BCUT2D eigenvalue weighted by atomic mass is 10.3. The Bertz CT molecular complexity index is 232. The molecular weight excluding hydrogens is 222 g/mol. The molecule has 84 valence electrons. The molecule has 0 aliphatic carbocycles. The molecule has 9 heteroatoms. The molecule has 1 atom stereocenters. The minimum Gasteiger partial charge on any atom is -0.475 e. The monoisotopic (exact) mass is 226 g/mol. The number of carboxylic acids is 1. The Kier molecular flexibility index (Phi) is 3.06. The van der Waals surface area contributed by atoms with E-state index in [9.17, 15) is 31.1 Å². The van der Waals surface area contributed by atoms with Gasteiger partial charge in [0.1, 0.15) is 0 Å². The summed E-state index contributed by atoms with van der Waals surface area (Å²) in [6, 6.07) is 0. The van der Waals surface area contributed by atoms with E-state index in [0.29, 0.717) is 0 Å². The third-order valence-corrected chi connectivity index (χ3v) is 1.08. The van der Waals surface area contributed by atoms with Gasteiger partial charge in [-0.2, -0.15) is 22.0 Å². The van der Waals surface area contributed by atoms with Crippen LogP contribution < -0.4 is 0 Å². The van der Waals surface area contributed by atoms with Gasteiger partial charge in [0.05, 0.1) is 0 Å². The normalized spacial score (nSPS) is 17.6. The van der Waals surface area contributed by atoms with Crippen molar-refractivity contribution in [3.63, 3.8) is 0 Å². The van der Waals surface area contributed by atoms with Gasteiger partial charge in [-0.3, -0.25) is 4.74 Å². The summed E-state index contributed by atoms with van der Waals surface area (Å²) in [5.41, 5.74) is 0. The number of hydrogen-bond donors (Lipinski definition) is 1. The first-order chi connectivity index (χ1) is 5.90. The lowest BCUT2D eigenvalue weighted by Gasteiger charge is -2.26. The first kappa shape index (κ1) is 13.0. The van der Waals surface area contributed by atoms with E-state index >= 15 is 0 Å². The van der Waals surface area contributed by atoms with Crippen LogP contribution in [0.25, 0.3) is 0 Å². The van der Waals surface area contributed by atoms with Crippen molar-refractivity contribution in [2.45, 2.75) is 25.1 Å². The SMILES string of the molecule is CC(F)(OC(F)(F)C(=O)O)C(F)(F)F. The molecule has 0 radical (unpaired) electrons. The number of alkyl halides is 6. The first-order valence-corrected chi connectivity index (χ1v) is 2.97. The fourth-order valence-corrected chi connectivity index (χ4v) is 0.342. The molecule has 0 fully saturated rings. The largest absolute Gasteiger partial charge is 0.475 e. The van der Waals surface area contributed by atoms with Crippen molar-refractivity contribution in [3.05, 3.63) is 0 Å². The fraction of sp³-hybridized carbons (Fsp3) is 0.800. The van der Waals surface area contributed by atoms with Gasteiger partial charge in [0.15, 0.2) is 0 Å². The van der Waals surface area contributed by atoms with Crippen molar-refractivity contribution in [2.24, 2.45) is 0 Å². The van der Waals surface area contributed by atoms with E-state index < -0.39 is 24.1 Å². The smallest absolute Gasteiger partial charge is 0.458 e. The van der Waals surface area contributed by atoms with Crippen LogP contribution in [0.2, 0.25) is 0 Å². The molecule has 0 saturated carbocycles. The summed E-state index contributed by atoms with van der Waals surface area (Å²) >= 11 is 0. The molecule has 0 spiro atoms. The highest BCUT2D eigenvalue weighted by molar-refractivity contribution is 5.73. The Labute approximate surface area is 73.3 Å². The van der Waals surface area contributed by atoms with Crippen LogP contribution in [0.3, 0.4) is 0 Å². The fourth-order valence-electron chi connectivity index (χ4n) is 0.342. The Morgan fingerprint density at radius 2 is 1.50 bits per heavy atom. The van der Waals surface area contributed by atoms with E-state index in [1.165, 1.54) is 0 Å². The van der Waals surface area contributed by atoms with Crippen molar-refractivity contribution in [1.82, 2.24) is 0 Å². The molecule has 0 aliphatic rings. The van der Waals surface area contributed by atoms with Gasteiger partial charge < -0.3 is 5.11 Å². The highest BCUT2D eigenvalue weighted by Gasteiger charge is 2.60. The van der Waals surface area contributed by atoms with Gasteiger partial charge in [0.25, 0.3) is 0 Å². The van der Waals surface area contributed by atoms with Crippen molar-refractivity contribution < 1.29 is 41.0 Å². The molecule has 0 aromatic rings. The first-order valence-electron chi connectivity index (χ1n) is 2.97. The molecule has 3 nitrogen and oxygen atoms in total. The summed E-state index contributed by atoms with van der Waals surface area (Å²) in [5, 5.41) is 7.66. The molecule has 0 rings (SSSR count). The molecule has 0 bridgehead atoms. The zero-order valence-electron chi connectivity index (χ0n) is 6.53. The third kappa shape index (κ3) is 2.76. The van der Waals surface area contributed by atoms with Crippen LogP contribution >= 0.6 is 0 Å². The Morgan fingerprint density at radius 3 is 1.71 bits per heavy atom. The molecule has 14 heavy (non-hydrogen) atoms. The van der Waals surface area contributed by atoms with Crippen molar-refractivity contribution in [3.8, 4) is 0 Å². The summed E-state index contributed by atoms with van der Waals surface area (Å²) in [6.45, 7) is -0.357. The quantitative estimate of drug-likeness (QED) is 0.748. The lowest BCUT2D eigenvalue weighted by molar-refractivity contribution is -0.394. The Hall–Kier alpha value is -0.990. The highest BCUT2D eigenvalue weighted by atomic mass is 19.4. The van der Waals surface area contributed by atoms with Crippen LogP contribution in [-0.4, -0.2) is 29.2 Å². The van der Waals surface area contributed by atoms with E-state index in [2.05, 4.69) is 4.74 Å². The van der Waals surface area contributed by atoms with E-state index in [4.69, 9.17) is 5.11 Å². The van der Waals surface area contributed by atoms with Crippen LogP contribution in [0.5, 0.6) is 0 Å². The number of carboxylic acid groups (broad SMARTS) is 1. The predicted octanol–water partition coefficient (Wildman–Crippen LogP) is 1.93. The summed E-state index contributed by atoms with van der Waals surface area (Å²) in [6.07, 6.45) is -11.0. The van der Waals surface area contributed by atoms with Crippen LogP contribution in [-0.2, 0) is 9.53 Å². The Morgan fingerprint density at radius 1 is 1.14 bits per heavy atom. The molecular formula is C5H4F6O3. The summed E-state index contributed by atoms with van der Waals surface area (Å²) in [5.74, 6) is -7.74. The van der Waals surface area contributed by atoms with Crippen LogP contribution in [0, 0.1) is 0 Å². The van der Waals surface area contributed by atoms with Crippen molar-refractivity contribution >= 4 is 5.97 Å². The molecule has 0 aromatic heterocycles. The molecule has 0 aromatic carbocycles. The second kappa shape index (κ2) is 3.30. The second-order valence-corrected chi connectivity index (χ2v) is 2.34. The van der Waals surface area contributed by atoms with Gasteiger partial charge in [-0.25, -0.2) is 9.18 Å². The van der Waals surface area contributed by atoms with Gasteiger partial charge in [-0.15, -0.1) is 0 Å². The molecule has 0 saturated heterocycles. The average Bonchev–Trinajstić information content (AvgIpc) is 1.80. The van der Waals surface area contributed by atoms with E-state index in [-0.39, 0.29) is 6.92 Å². The predicted molar refractivity (Wildman–Crippen MR) is 29.2 cm³/mol. The zero-order valence-corrected chi connectivity index (χ0v) is 6.53. The van der Waals surface area contributed by atoms with Crippen molar-refractivity contribution in [2.75, 3.05) is 0 Å². The second-order valence-electron chi connectivity index (χ2n) is 2.34. The summed E-state index contributed by atoms with van der Waals surface area (Å²) in [4.78, 5) is 9.62. The van der Waals surface area contributed by atoms with Crippen LogP contribution in [0.1, 0.15) is 6.92 Å². The molecule has 1 unspecified atom stereocenters. The molecule has 0 amide bonds. The molecule has 0 aliphatic heterocycles. The summed E-state index contributed by atoms with van der Waals surface area (Å²) < 4.78 is 73.7. The lowest BCUT2D eigenvalue weighted by Crippen LogP contribution is -2.48. The third-order valence-electron chi connectivity index (χ3n) is 1.08. The van der Waals surface area contributed by atoms with Crippen molar-refractivity contribution in [1.29, 1.82) is 0 Å². The van der Waals surface area contributed by atoms with Crippen LogP contribution in [0.4, 0.5) is 26.3 Å². The van der Waals surface area contributed by atoms with Gasteiger partial charge in [-0.05, 0) is 0 Å². The number of aliphatic carboxylic acids is 1. The number of ether oxygens (including phenoxy) is 1. The molecule has 1 N–H and O–H groups in total. The molecule has 0 heterocycles. The number of rotatable bonds is 3. The maximum atomic E-state index is 12.4. The van der Waals surface area contributed by atoms with E-state index in [0.717, 1.165) is 0 Å². The standard InChI is InChI=1S/C5H4F6O3/c1-3(6,5(9,10)11)14-4(7,8)2(12)13/h1H3,(H,12,13).